The molecule has 7 heteroatoms. The average molecular weight is 406 g/mol. The van der Waals surface area contributed by atoms with Gasteiger partial charge in [-0.25, -0.2) is 0 Å². The molecule has 2 bridgehead atoms. The number of hydrogen-bond acceptors (Lipinski definition) is 5. The van der Waals surface area contributed by atoms with Gasteiger partial charge in [-0.2, -0.15) is 0 Å². The van der Waals surface area contributed by atoms with E-state index in [9.17, 15) is 29.4 Å². The molecule has 5 rings (SSSR count). The van der Waals surface area contributed by atoms with E-state index < -0.39 is 34.8 Å². The maximum atomic E-state index is 13.7. The number of carboxylic acids is 2. The number of carbonyl (C=O) groups is 4. The van der Waals surface area contributed by atoms with E-state index in [0.717, 1.165) is 12.8 Å². The normalized spacial score (nSPS) is 48.4. The second-order valence-corrected chi connectivity index (χ2v) is 10.3. The summed E-state index contributed by atoms with van der Waals surface area (Å²) in [6.45, 7) is 5.40. The number of carbonyl (C=O) groups excluding carboxylic acids is 2. The van der Waals surface area contributed by atoms with Crippen LogP contribution in [0.3, 0.4) is 0 Å². The van der Waals surface area contributed by atoms with Crippen molar-refractivity contribution in [2.75, 3.05) is 0 Å². The van der Waals surface area contributed by atoms with Crippen molar-refractivity contribution >= 4 is 23.7 Å². The Bertz CT molecular complexity index is 790. The molecule has 0 aromatic rings. The van der Waals surface area contributed by atoms with Crippen molar-refractivity contribution in [3.05, 3.63) is 0 Å². The molecule has 0 saturated heterocycles. The molecule has 0 aromatic carbocycles. The Morgan fingerprint density at radius 1 is 1.03 bits per heavy atom. The van der Waals surface area contributed by atoms with Crippen LogP contribution in [0.1, 0.15) is 65.7 Å². The van der Waals surface area contributed by atoms with Crippen molar-refractivity contribution in [2.24, 2.45) is 40.4 Å². The maximum Gasteiger partial charge on any atom is 0.308 e. The molecule has 0 aromatic heterocycles. The molecule has 160 valence electrons. The Labute approximate surface area is 170 Å². The summed E-state index contributed by atoms with van der Waals surface area (Å²) in [6, 6.07) is 0. The van der Waals surface area contributed by atoms with Gasteiger partial charge < -0.3 is 14.9 Å². The van der Waals surface area contributed by atoms with Crippen molar-refractivity contribution in [3.63, 3.8) is 0 Å². The molecule has 0 unspecified atom stereocenters. The van der Waals surface area contributed by atoms with Crippen LogP contribution < -0.4 is 0 Å². The number of Topliss-reactive ketones (excluding diaryl/α,β-unsaturated/α-hetero) is 1. The first-order valence-corrected chi connectivity index (χ1v) is 10.7. The minimum atomic E-state index is -1.18. The van der Waals surface area contributed by atoms with E-state index in [4.69, 9.17) is 4.74 Å². The van der Waals surface area contributed by atoms with Crippen molar-refractivity contribution < 1.29 is 34.1 Å². The summed E-state index contributed by atoms with van der Waals surface area (Å²) < 4.78 is 5.75. The summed E-state index contributed by atoms with van der Waals surface area (Å²) in [5, 5.41) is 19.8. The van der Waals surface area contributed by atoms with Gasteiger partial charge in [0.15, 0.2) is 0 Å². The Hall–Kier alpha value is -1.92. The van der Waals surface area contributed by atoms with Gasteiger partial charge in [-0.05, 0) is 62.7 Å². The first-order valence-electron chi connectivity index (χ1n) is 10.7. The van der Waals surface area contributed by atoms with Crippen LogP contribution in [0, 0.1) is 40.4 Å². The van der Waals surface area contributed by atoms with Crippen molar-refractivity contribution in [1.82, 2.24) is 0 Å². The molecule has 29 heavy (non-hydrogen) atoms. The van der Waals surface area contributed by atoms with Crippen molar-refractivity contribution in [3.8, 4) is 0 Å². The third kappa shape index (κ3) is 2.55. The van der Waals surface area contributed by atoms with E-state index >= 15 is 0 Å². The van der Waals surface area contributed by atoms with Gasteiger partial charge in [0.1, 0.15) is 11.4 Å². The summed E-state index contributed by atoms with van der Waals surface area (Å²) in [7, 11) is 0. The zero-order valence-corrected chi connectivity index (χ0v) is 17.3. The lowest BCUT2D eigenvalue weighted by Crippen LogP contribution is -2.70. The highest BCUT2D eigenvalue weighted by atomic mass is 16.6. The molecule has 8 atom stereocenters. The van der Waals surface area contributed by atoms with Crippen LogP contribution in [0.5, 0.6) is 0 Å². The number of aliphatic carboxylic acids is 2. The lowest BCUT2D eigenvalue weighted by Gasteiger charge is -2.68. The van der Waals surface area contributed by atoms with Crippen LogP contribution in [-0.4, -0.2) is 39.5 Å². The van der Waals surface area contributed by atoms with Crippen LogP contribution >= 0.6 is 0 Å². The van der Waals surface area contributed by atoms with Crippen LogP contribution in [0.2, 0.25) is 0 Å². The summed E-state index contributed by atoms with van der Waals surface area (Å²) in [4.78, 5) is 49.8. The Kier molecular flexibility index (Phi) is 4.41. The quantitative estimate of drug-likeness (QED) is 0.692. The number of hydrogen-bond donors (Lipinski definition) is 2. The Morgan fingerprint density at radius 3 is 2.31 bits per heavy atom. The fourth-order valence-electron chi connectivity index (χ4n) is 8.16. The standard InChI is InChI=1S/C22H30O7/c1-11(23)29-21(3)7-4-6-20(2)13(21)10-15(24)22-8-5-12(9-14(20)22)16(18(25)26)17(22)19(27)28/h12-14,16-17H,4-10H2,1-3H3,(H,25,26)(H,27,28)/t12-,13+,14-,16+,17-,20-,21+,22+/m1/s1. The van der Waals surface area contributed by atoms with Crippen LogP contribution in [0.15, 0.2) is 0 Å². The number of ether oxygens (including phenoxy) is 1. The molecule has 0 radical (unpaired) electrons. The first-order chi connectivity index (χ1) is 13.5. The highest BCUT2D eigenvalue weighted by molar-refractivity contribution is 5.94. The largest absolute Gasteiger partial charge is 0.481 e. The van der Waals surface area contributed by atoms with Gasteiger partial charge in [0.2, 0.25) is 0 Å². The minimum Gasteiger partial charge on any atom is -0.481 e. The number of esters is 1. The van der Waals surface area contributed by atoms with Gasteiger partial charge in [-0.3, -0.25) is 19.2 Å². The molecular weight excluding hydrogens is 376 g/mol. The third-order valence-electron chi connectivity index (χ3n) is 9.07. The number of rotatable bonds is 3. The topological polar surface area (TPSA) is 118 Å². The second kappa shape index (κ2) is 6.29. The summed E-state index contributed by atoms with van der Waals surface area (Å²) >= 11 is 0. The number of ketones is 1. The lowest BCUT2D eigenvalue weighted by molar-refractivity contribution is -0.236. The SMILES string of the molecule is CC(=O)O[C@@]1(C)CCC[C@@]2(C)[C@H]3C[C@H]4CC[C@]3(C(=O)C[C@@H]21)[C@@H](C(=O)O)[C@H]4C(=O)O. The molecule has 0 heterocycles. The number of carboxylic acid groups (broad SMARTS) is 2. The lowest BCUT2D eigenvalue weighted by atomic mass is 9.34. The van der Waals surface area contributed by atoms with Gasteiger partial charge in [0.25, 0.3) is 0 Å². The van der Waals surface area contributed by atoms with E-state index in [1.54, 1.807) is 0 Å². The molecule has 1 spiro atoms. The van der Waals surface area contributed by atoms with E-state index in [1.807, 2.05) is 6.92 Å². The predicted molar refractivity (Wildman–Crippen MR) is 101 cm³/mol. The van der Waals surface area contributed by atoms with Crippen molar-refractivity contribution in [2.45, 2.75) is 71.3 Å². The number of fused-ring (bicyclic) bond motifs is 3. The van der Waals surface area contributed by atoms with E-state index in [1.165, 1.54) is 6.92 Å². The van der Waals surface area contributed by atoms with E-state index in [0.29, 0.717) is 25.7 Å². The zero-order chi connectivity index (χ0) is 21.4. The Morgan fingerprint density at radius 2 is 1.72 bits per heavy atom. The fourth-order valence-corrected chi connectivity index (χ4v) is 8.16. The van der Waals surface area contributed by atoms with Gasteiger partial charge in [-0.1, -0.05) is 6.92 Å². The molecule has 5 saturated carbocycles. The van der Waals surface area contributed by atoms with Crippen LogP contribution in [-0.2, 0) is 23.9 Å². The van der Waals surface area contributed by atoms with Crippen LogP contribution in [0.25, 0.3) is 0 Å². The monoisotopic (exact) mass is 406 g/mol. The molecule has 5 aliphatic rings. The van der Waals surface area contributed by atoms with Gasteiger partial charge >= 0.3 is 17.9 Å². The highest BCUT2D eigenvalue weighted by Crippen LogP contribution is 2.71. The van der Waals surface area contributed by atoms with Gasteiger partial charge in [0, 0.05) is 24.7 Å². The summed E-state index contributed by atoms with van der Waals surface area (Å²) in [6.07, 6.45) is 4.11. The summed E-state index contributed by atoms with van der Waals surface area (Å²) in [5.74, 6) is -5.56. The molecule has 0 amide bonds. The van der Waals surface area contributed by atoms with Gasteiger partial charge in [-0.15, -0.1) is 0 Å². The van der Waals surface area contributed by atoms with Gasteiger partial charge in [0.05, 0.1) is 11.8 Å². The molecule has 5 aliphatic carbocycles. The second-order valence-electron chi connectivity index (χ2n) is 10.3. The third-order valence-corrected chi connectivity index (χ3v) is 9.07. The molecular formula is C22H30O7. The van der Waals surface area contributed by atoms with Crippen molar-refractivity contribution in [1.29, 1.82) is 0 Å². The predicted octanol–water partition coefficient (Wildman–Crippen LogP) is 2.91. The molecule has 7 nitrogen and oxygen atoms in total. The molecule has 2 N–H and O–H groups in total. The smallest absolute Gasteiger partial charge is 0.308 e. The summed E-state index contributed by atoms with van der Waals surface area (Å²) in [5.41, 5.74) is -2.23. The van der Waals surface area contributed by atoms with E-state index in [-0.39, 0.29) is 41.3 Å². The molecule has 5 fully saturated rings. The average Bonchev–Trinajstić information content (AvgIpc) is 2.62. The zero-order valence-electron chi connectivity index (χ0n) is 17.3. The fraction of sp³-hybridized carbons (Fsp3) is 0.818. The maximum absolute atomic E-state index is 13.7. The first kappa shape index (κ1) is 20.4. The minimum absolute atomic E-state index is 0.137. The Balaban J connectivity index is 1.83. The van der Waals surface area contributed by atoms with Crippen LogP contribution in [0.4, 0.5) is 0 Å². The highest BCUT2D eigenvalue weighted by Gasteiger charge is 2.73. The van der Waals surface area contributed by atoms with E-state index in [2.05, 4.69) is 6.92 Å². The molecule has 0 aliphatic heterocycles.